The molecule has 8 nitrogen and oxygen atoms in total. The van der Waals surface area contributed by atoms with E-state index < -0.39 is 0 Å². The first-order chi connectivity index (χ1) is 10.3. The summed E-state index contributed by atoms with van der Waals surface area (Å²) in [6.07, 6.45) is 0. The zero-order valence-corrected chi connectivity index (χ0v) is 11.1. The van der Waals surface area contributed by atoms with Gasteiger partial charge in [0, 0.05) is 5.56 Å². The molecule has 3 aromatic rings. The van der Waals surface area contributed by atoms with Gasteiger partial charge in [0.15, 0.2) is 0 Å². The quantitative estimate of drug-likeness (QED) is 0.672. The average Bonchev–Trinajstić information content (AvgIpc) is 3.17. The maximum atomic E-state index is 12.0. The van der Waals surface area contributed by atoms with Crippen LogP contribution in [-0.2, 0) is 0 Å². The number of H-pyrrole nitrogens is 2. The predicted octanol–water partition coefficient (Wildman–Crippen LogP) is 1.46. The van der Waals surface area contributed by atoms with Gasteiger partial charge in [0.25, 0.3) is 5.91 Å². The largest absolute Gasteiger partial charge is 0.466 e. The van der Waals surface area contributed by atoms with Crippen molar-refractivity contribution in [3.8, 4) is 17.3 Å². The van der Waals surface area contributed by atoms with Crippen molar-refractivity contribution in [3.05, 3.63) is 42.1 Å². The normalized spacial score (nSPS) is 10.3. The van der Waals surface area contributed by atoms with E-state index in [1.165, 1.54) is 7.11 Å². The highest BCUT2D eigenvalue weighted by atomic mass is 16.5. The number of anilines is 1. The van der Waals surface area contributed by atoms with Gasteiger partial charge in [-0.3, -0.25) is 15.2 Å². The lowest BCUT2D eigenvalue weighted by molar-refractivity contribution is 0.102. The fraction of sp³-hybridized carbons (Fsp3) is 0.0769. The summed E-state index contributed by atoms with van der Waals surface area (Å²) < 4.78 is 4.82. The Kier molecular flexibility index (Phi) is 3.34. The molecule has 1 aromatic carbocycles. The van der Waals surface area contributed by atoms with Crippen molar-refractivity contribution in [2.45, 2.75) is 0 Å². The van der Waals surface area contributed by atoms with E-state index in [9.17, 15) is 4.79 Å². The molecule has 0 radical (unpaired) electrons. The van der Waals surface area contributed by atoms with Crippen molar-refractivity contribution in [2.75, 3.05) is 12.4 Å². The third kappa shape index (κ3) is 2.73. The van der Waals surface area contributed by atoms with Gasteiger partial charge >= 0.3 is 6.01 Å². The van der Waals surface area contributed by atoms with Crippen LogP contribution in [0.4, 0.5) is 5.95 Å². The minimum absolute atomic E-state index is 0.153. The molecule has 2 aromatic heterocycles. The Hall–Kier alpha value is -3.16. The van der Waals surface area contributed by atoms with E-state index >= 15 is 0 Å². The first-order valence-corrected chi connectivity index (χ1v) is 6.15. The molecule has 0 aliphatic carbocycles. The number of hydrogen-bond acceptors (Lipinski definition) is 5. The fourth-order valence-electron chi connectivity index (χ4n) is 1.76. The van der Waals surface area contributed by atoms with Crippen LogP contribution < -0.4 is 10.1 Å². The van der Waals surface area contributed by atoms with Gasteiger partial charge in [-0.05, 0) is 6.07 Å². The molecule has 8 heteroatoms. The number of rotatable bonds is 4. The molecular formula is C13H12N6O2. The Morgan fingerprint density at radius 1 is 1.19 bits per heavy atom. The van der Waals surface area contributed by atoms with Crippen LogP contribution in [0, 0.1) is 0 Å². The third-order valence-corrected chi connectivity index (χ3v) is 2.77. The second kappa shape index (κ2) is 5.45. The smallest absolute Gasteiger partial charge is 0.336 e. The standard InChI is InChI=1S/C13H12N6O2/c1-21-13-15-12(18-19-13)14-11(20)10-7-9(16-17-10)8-5-3-2-4-6-8/h2-7H,1H3,(H,16,17)(H2,14,15,18,19,20). The molecule has 2 heterocycles. The van der Waals surface area contributed by atoms with Crippen LogP contribution in [-0.4, -0.2) is 38.4 Å². The van der Waals surface area contributed by atoms with Gasteiger partial charge < -0.3 is 4.74 Å². The topological polar surface area (TPSA) is 109 Å². The lowest BCUT2D eigenvalue weighted by Crippen LogP contribution is -2.13. The summed E-state index contributed by atoms with van der Waals surface area (Å²) >= 11 is 0. The van der Waals surface area contributed by atoms with Crippen LogP contribution in [0.1, 0.15) is 10.5 Å². The number of carbonyl (C=O) groups is 1. The highest BCUT2D eigenvalue weighted by molar-refractivity contribution is 6.02. The fourth-order valence-corrected chi connectivity index (χ4v) is 1.76. The minimum Gasteiger partial charge on any atom is -0.466 e. The first-order valence-electron chi connectivity index (χ1n) is 6.15. The second-order valence-corrected chi connectivity index (χ2v) is 4.16. The highest BCUT2D eigenvalue weighted by Gasteiger charge is 2.13. The Morgan fingerprint density at radius 2 is 2.00 bits per heavy atom. The van der Waals surface area contributed by atoms with Gasteiger partial charge in [-0.1, -0.05) is 30.3 Å². The molecule has 3 rings (SSSR count). The molecule has 0 saturated carbocycles. The molecule has 106 valence electrons. The number of methoxy groups -OCH3 is 1. The van der Waals surface area contributed by atoms with Crippen molar-refractivity contribution >= 4 is 11.9 Å². The van der Waals surface area contributed by atoms with Crippen LogP contribution in [0.3, 0.4) is 0 Å². The Morgan fingerprint density at radius 3 is 2.71 bits per heavy atom. The minimum atomic E-state index is -0.372. The molecule has 0 saturated heterocycles. The van der Waals surface area contributed by atoms with E-state index in [1.807, 2.05) is 30.3 Å². The maximum absolute atomic E-state index is 12.0. The molecular weight excluding hydrogens is 272 g/mol. The van der Waals surface area contributed by atoms with Gasteiger partial charge in [-0.25, -0.2) is 5.10 Å². The van der Waals surface area contributed by atoms with Crippen molar-refractivity contribution in [3.63, 3.8) is 0 Å². The summed E-state index contributed by atoms with van der Waals surface area (Å²) in [4.78, 5) is 15.9. The van der Waals surface area contributed by atoms with Crippen LogP contribution in [0.25, 0.3) is 11.3 Å². The van der Waals surface area contributed by atoms with Crippen LogP contribution in [0.5, 0.6) is 6.01 Å². The zero-order valence-electron chi connectivity index (χ0n) is 11.1. The van der Waals surface area contributed by atoms with Crippen molar-refractivity contribution in [1.82, 2.24) is 25.4 Å². The Bertz CT molecular complexity index is 749. The number of nitrogens with one attached hydrogen (secondary N) is 3. The third-order valence-electron chi connectivity index (χ3n) is 2.77. The lowest BCUT2D eigenvalue weighted by atomic mass is 10.1. The molecule has 0 spiro atoms. The molecule has 1 amide bonds. The molecule has 3 N–H and O–H groups in total. The summed E-state index contributed by atoms with van der Waals surface area (Å²) in [5.41, 5.74) is 1.94. The van der Waals surface area contributed by atoms with Crippen molar-refractivity contribution in [2.24, 2.45) is 0 Å². The molecule has 0 unspecified atom stereocenters. The molecule has 0 bridgehead atoms. The van der Waals surface area contributed by atoms with E-state index in [-0.39, 0.29) is 17.9 Å². The number of aromatic amines is 2. The van der Waals surface area contributed by atoms with E-state index in [0.717, 1.165) is 5.56 Å². The zero-order chi connectivity index (χ0) is 14.7. The number of nitrogens with zero attached hydrogens (tertiary/aromatic N) is 3. The van der Waals surface area contributed by atoms with Crippen LogP contribution >= 0.6 is 0 Å². The van der Waals surface area contributed by atoms with Gasteiger partial charge in [0.05, 0.1) is 12.8 Å². The summed E-state index contributed by atoms with van der Waals surface area (Å²) in [7, 11) is 1.44. The monoisotopic (exact) mass is 284 g/mol. The lowest BCUT2D eigenvalue weighted by Gasteiger charge is -1.96. The molecule has 0 aliphatic heterocycles. The van der Waals surface area contributed by atoms with Gasteiger partial charge in [0.1, 0.15) is 5.69 Å². The maximum Gasteiger partial charge on any atom is 0.336 e. The Labute approximate surface area is 119 Å². The van der Waals surface area contributed by atoms with Crippen molar-refractivity contribution in [1.29, 1.82) is 0 Å². The van der Waals surface area contributed by atoms with E-state index in [4.69, 9.17) is 4.74 Å². The summed E-state index contributed by atoms with van der Waals surface area (Å²) in [5.74, 6) is -0.170. The van der Waals surface area contributed by atoms with Crippen LogP contribution in [0.2, 0.25) is 0 Å². The highest BCUT2D eigenvalue weighted by Crippen LogP contribution is 2.17. The number of carbonyl (C=O) groups excluding carboxylic acids is 1. The number of amides is 1. The molecule has 21 heavy (non-hydrogen) atoms. The summed E-state index contributed by atoms with van der Waals surface area (Å²) in [6.45, 7) is 0. The number of hydrogen-bond donors (Lipinski definition) is 3. The molecule has 0 atom stereocenters. The number of aromatic nitrogens is 5. The molecule has 0 fully saturated rings. The van der Waals surface area contributed by atoms with E-state index in [0.29, 0.717) is 11.4 Å². The predicted molar refractivity (Wildman–Crippen MR) is 74.9 cm³/mol. The Balaban J connectivity index is 1.75. The molecule has 0 aliphatic rings. The summed E-state index contributed by atoms with van der Waals surface area (Å²) in [6, 6.07) is 11.4. The van der Waals surface area contributed by atoms with E-state index in [1.54, 1.807) is 6.07 Å². The summed E-state index contributed by atoms with van der Waals surface area (Å²) in [5, 5.41) is 15.6. The SMILES string of the molecule is COc1n[nH]c(NC(=O)c2cc(-c3ccccc3)n[nH]2)n1. The van der Waals surface area contributed by atoms with E-state index in [2.05, 4.69) is 30.7 Å². The van der Waals surface area contributed by atoms with Gasteiger partial charge in [-0.2, -0.15) is 10.1 Å². The van der Waals surface area contributed by atoms with Crippen LogP contribution in [0.15, 0.2) is 36.4 Å². The number of benzene rings is 1. The first kappa shape index (κ1) is 12.9. The van der Waals surface area contributed by atoms with Gasteiger partial charge in [0.2, 0.25) is 5.95 Å². The van der Waals surface area contributed by atoms with Crippen molar-refractivity contribution < 1.29 is 9.53 Å². The average molecular weight is 284 g/mol. The number of ether oxygens (including phenoxy) is 1. The second-order valence-electron chi connectivity index (χ2n) is 4.16. The van der Waals surface area contributed by atoms with Gasteiger partial charge in [-0.15, -0.1) is 5.10 Å².